The third-order valence-electron chi connectivity index (χ3n) is 3.40. The zero-order valence-corrected chi connectivity index (χ0v) is 12.9. The molecule has 20 heavy (non-hydrogen) atoms. The molecule has 0 heterocycles. The molecule has 0 spiro atoms. The molecule has 0 aliphatic rings. The van der Waals surface area contributed by atoms with E-state index in [0.29, 0.717) is 12.5 Å². The fraction of sp³-hybridized carbons (Fsp3) is 0.562. The standard InChI is InChI=1S/C16H26N2O2/c1-12(2)13(3)18-16(19)11-17-9-8-14-6-5-7-15(10-14)20-4/h5-7,10,12-13,17H,8-9,11H2,1-4H3,(H,18,19). The van der Waals surface area contributed by atoms with Crippen molar-refractivity contribution < 1.29 is 9.53 Å². The van der Waals surface area contributed by atoms with E-state index in [-0.39, 0.29) is 11.9 Å². The van der Waals surface area contributed by atoms with Crippen LogP contribution in [-0.4, -0.2) is 32.1 Å². The van der Waals surface area contributed by atoms with E-state index in [4.69, 9.17) is 4.74 Å². The molecule has 1 unspecified atom stereocenters. The second kappa shape index (κ2) is 8.59. The van der Waals surface area contributed by atoms with Crippen LogP contribution in [0, 0.1) is 5.92 Å². The maximum atomic E-state index is 11.7. The molecule has 0 aliphatic carbocycles. The smallest absolute Gasteiger partial charge is 0.234 e. The largest absolute Gasteiger partial charge is 0.497 e. The Morgan fingerprint density at radius 3 is 2.70 bits per heavy atom. The van der Waals surface area contributed by atoms with Crippen LogP contribution in [0.5, 0.6) is 5.75 Å². The van der Waals surface area contributed by atoms with Crippen molar-refractivity contribution >= 4 is 5.91 Å². The highest BCUT2D eigenvalue weighted by molar-refractivity contribution is 5.78. The monoisotopic (exact) mass is 278 g/mol. The maximum absolute atomic E-state index is 11.7. The van der Waals surface area contributed by atoms with Crippen molar-refractivity contribution in [1.82, 2.24) is 10.6 Å². The number of carbonyl (C=O) groups excluding carboxylic acids is 1. The average Bonchev–Trinajstić information content (AvgIpc) is 2.43. The van der Waals surface area contributed by atoms with Crippen LogP contribution in [0.1, 0.15) is 26.3 Å². The van der Waals surface area contributed by atoms with Gasteiger partial charge in [-0.1, -0.05) is 26.0 Å². The molecule has 0 saturated heterocycles. The first-order chi connectivity index (χ1) is 9.52. The highest BCUT2D eigenvalue weighted by atomic mass is 16.5. The van der Waals surface area contributed by atoms with Gasteiger partial charge in [-0.05, 0) is 43.5 Å². The van der Waals surface area contributed by atoms with Crippen LogP contribution in [-0.2, 0) is 11.2 Å². The summed E-state index contributed by atoms with van der Waals surface area (Å²) in [7, 11) is 1.66. The predicted molar refractivity (Wildman–Crippen MR) is 82.0 cm³/mol. The summed E-state index contributed by atoms with van der Waals surface area (Å²) < 4.78 is 5.18. The molecule has 1 aromatic rings. The van der Waals surface area contributed by atoms with Gasteiger partial charge in [0.1, 0.15) is 5.75 Å². The fourth-order valence-electron chi connectivity index (χ4n) is 1.73. The second-order valence-corrected chi connectivity index (χ2v) is 5.38. The van der Waals surface area contributed by atoms with Gasteiger partial charge in [0.2, 0.25) is 5.91 Å². The number of rotatable bonds is 8. The van der Waals surface area contributed by atoms with E-state index < -0.39 is 0 Å². The zero-order chi connectivity index (χ0) is 15.0. The molecule has 2 N–H and O–H groups in total. The highest BCUT2D eigenvalue weighted by Gasteiger charge is 2.09. The van der Waals surface area contributed by atoms with Crippen molar-refractivity contribution in [2.45, 2.75) is 33.2 Å². The van der Waals surface area contributed by atoms with E-state index in [1.165, 1.54) is 5.56 Å². The van der Waals surface area contributed by atoms with Gasteiger partial charge in [0.25, 0.3) is 0 Å². The number of hydrogen-bond donors (Lipinski definition) is 2. The van der Waals surface area contributed by atoms with Crippen molar-refractivity contribution in [3.8, 4) is 5.75 Å². The van der Waals surface area contributed by atoms with Crippen molar-refractivity contribution in [2.24, 2.45) is 5.92 Å². The molecule has 0 saturated carbocycles. The summed E-state index contributed by atoms with van der Waals surface area (Å²) in [4.78, 5) is 11.7. The average molecular weight is 278 g/mol. The fourth-order valence-corrected chi connectivity index (χ4v) is 1.73. The summed E-state index contributed by atoms with van der Waals surface area (Å²) in [5.74, 6) is 1.37. The van der Waals surface area contributed by atoms with E-state index >= 15 is 0 Å². The van der Waals surface area contributed by atoms with E-state index in [1.54, 1.807) is 7.11 Å². The van der Waals surface area contributed by atoms with Crippen LogP contribution in [0.15, 0.2) is 24.3 Å². The number of methoxy groups -OCH3 is 1. The number of ether oxygens (including phenoxy) is 1. The summed E-state index contributed by atoms with van der Waals surface area (Å²) in [6, 6.07) is 8.19. The van der Waals surface area contributed by atoms with Gasteiger partial charge in [-0.3, -0.25) is 4.79 Å². The van der Waals surface area contributed by atoms with Crippen molar-refractivity contribution in [1.29, 1.82) is 0 Å². The molecule has 0 aliphatic heterocycles. The molecule has 0 aromatic heterocycles. The van der Waals surface area contributed by atoms with Crippen molar-refractivity contribution in [2.75, 3.05) is 20.2 Å². The number of amides is 1. The van der Waals surface area contributed by atoms with Crippen molar-refractivity contribution in [3.63, 3.8) is 0 Å². The lowest BCUT2D eigenvalue weighted by molar-refractivity contribution is -0.121. The first-order valence-corrected chi connectivity index (χ1v) is 7.16. The minimum atomic E-state index is 0.0526. The second-order valence-electron chi connectivity index (χ2n) is 5.38. The Hall–Kier alpha value is -1.55. The van der Waals surface area contributed by atoms with Crippen molar-refractivity contribution in [3.05, 3.63) is 29.8 Å². The minimum absolute atomic E-state index is 0.0526. The summed E-state index contributed by atoms with van der Waals surface area (Å²) in [5, 5.41) is 6.14. The molecule has 1 aromatic carbocycles. The Bertz CT molecular complexity index is 419. The first-order valence-electron chi connectivity index (χ1n) is 7.16. The van der Waals surface area contributed by atoms with Crippen LogP contribution in [0.3, 0.4) is 0 Å². The van der Waals surface area contributed by atoms with E-state index in [1.807, 2.05) is 25.1 Å². The summed E-state index contributed by atoms with van der Waals surface area (Å²) in [6.07, 6.45) is 0.879. The highest BCUT2D eigenvalue weighted by Crippen LogP contribution is 2.12. The predicted octanol–water partition coefficient (Wildman–Crippen LogP) is 1.99. The molecule has 4 nitrogen and oxygen atoms in total. The SMILES string of the molecule is COc1cccc(CCNCC(=O)NC(C)C(C)C)c1. The molecule has 1 atom stereocenters. The molecule has 112 valence electrons. The zero-order valence-electron chi connectivity index (χ0n) is 12.9. The summed E-state index contributed by atoms with van der Waals surface area (Å²) in [6.45, 7) is 7.36. The third kappa shape index (κ3) is 6.06. The summed E-state index contributed by atoms with van der Waals surface area (Å²) >= 11 is 0. The maximum Gasteiger partial charge on any atom is 0.234 e. The van der Waals surface area contributed by atoms with Gasteiger partial charge in [-0.25, -0.2) is 0 Å². The molecule has 1 amide bonds. The molecular weight excluding hydrogens is 252 g/mol. The van der Waals surface area contributed by atoms with Gasteiger partial charge in [-0.2, -0.15) is 0 Å². The minimum Gasteiger partial charge on any atom is -0.497 e. The van der Waals surface area contributed by atoms with E-state index in [9.17, 15) is 4.79 Å². The van der Waals surface area contributed by atoms with Gasteiger partial charge in [0.05, 0.1) is 13.7 Å². The number of benzene rings is 1. The van der Waals surface area contributed by atoms with Crippen LogP contribution < -0.4 is 15.4 Å². The van der Waals surface area contributed by atoms with Crippen LogP contribution >= 0.6 is 0 Å². The topological polar surface area (TPSA) is 50.4 Å². The Morgan fingerprint density at radius 1 is 1.30 bits per heavy atom. The normalized spacial score (nSPS) is 12.2. The van der Waals surface area contributed by atoms with Crippen LogP contribution in [0.4, 0.5) is 0 Å². The van der Waals surface area contributed by atoms with Gasteiger partial charge in [0, 0.05) is 6.04 Å². The lowest BCUT2D eigenvalue weighted by Gasteiger charge is -2.17. The lowest BCUT2D eigenvalue weighted by Crippen LogP contribution is -2.41. The van der Waals surface area contributed by atoms with Crippen LogP contribution in [0.25, 0.3) is 0 Å². The van der Waals surface area contributed by atoms with Gasteiger partial charge < -0.3 is 15.4 Å². The Balaban J connectivity index is 2.22. The number of hydrogen-bond acceptors (Lipinski definition) is 3. The lowest BCUT2D eigenvalue weighted by atomic mass is 10.1. The van der Waals surface area contributed by atoms with Gasteiger partial charge in [-0.15, -0.1) is 0 Å². The molecule has 0 radical (unpaired) electrons. The molecule has 1 rings (SSSR count). The van der Waals surface area contributed by atoms with E-state index in [2.05, 4.69) is 30.5 Å². The first kappa shape index (κ1) is 16.5. The van der Waals surface area contributed by atoms with Crippen LogP contribution in [0.2, 0.25) is 0 Å². The summed E-state index contributed by atoms with van der Waals surface area (Å²) in [5.41, 5.74) is 1.20. The number of carbonyl (C=O) groups is 1. The van der Waals surface area contributed by atoms with E-state index in [0.717, 1.165) is 18.7 Å². The van der Waals surface area contributed by atoms with Gasteiger partial charge in [0.15, 0.2) is 0 Å². The number of nitrogens with one attached hydrogen (secondary N) is 2. The Kier molecular flexibility index (Phi) is 7.09. The molecule has 0 fully saturated rings. The quantitative estimate of drug-likeness (QED) is 0.715. The Morgan fingerprint density at radius 2 is 2.05 bits per heavy atom. The molecule has 0 bridgehead atoms. The molecule has 4 heteroatoms. The van der Waals surface area contributed by atoms with Gasteiger partial charge >= 0.3 is 0 Å². The third-order valence-corrected chi connectivity index (χ3v) is 3.40. The Labute approximate surface area is 121 Å². The molecular formula is C16H26N2O2.